The van der Waals surface area contributed by atoms with Crippen molar-refractivity contribution in [3.8, 4) is 5.75 Å². The topological polar surface area (TPSA) is 45.6 Å². The van der Waals surface area contributed by atoms with Crippen LogP contribution in [0.3, 0.4) is 0 Å². The summed E-state index contributed by atoms with van der Waals surface area (Å²) in [6.45, 7) is 6.24. The minimum absolute atomic E-state index is 0.410. The van der Waals surface area contributed by atoms with Crippen LogP contribution < -0.4 is 15.5 Å². The fraction of sp³-hybridized carbons (Fsp3) is 0.222. The number of anilines is 1. The molecule has 0 amide bonds. The van der Waals surface area contributed by atoms with E-state index in [4.69, 9.17) is 17.0 Å². The van der Waals surface area contributed by atoms with Crippen LogP contribution in [0.15, 0.2) is 41.5 Å². The lowest BCUT2D eigenvalue weighted by Crippen LogP contribution is -2.24. The summed E-state index contributed by atoms with van der Waals surface area (Å²) in [6, 6.07) is 11.9. The van der Waals surface area contributed by atoms with Crippen molar-refractivity contribution in [2.24, 2.45) is 5.10 Å². The Labute approximate surface area is 142 Å². The number of nitrogens with one attached hydrogen (secondary N) is 2. The van der Waals surface area contributed by atoms with E-state index in [0.29, 0.717) is 5.11 Å². The van der Waals surface area contributed by atoms with Gasteiger partial charge >= 0.3 is 0 Å². The fourth-order valence-corrected chi connectivity index (χ4v) is 2.61. The van der Waals surface area contributed by atoms with Crippen LogP contribution in [-0.4, -0.2) is 18.4 Å². The smallest absolute Gasteiger partial charge is 0.191 e. The molecule has 0 heterocycles. The number of aryl methyl sites for hydroxylation is 3. The van der Waals surface area contributed by atoms with Crippen molar-refractivity contribution in [2.45, 2.75) is 20.8 Å². The minimum Gasteiger partial charge on any atom is -0.495 e. The van der Waals surface area contributed by atoms with Crippen LogP contribution in [0.1, 0.15) is 22.3 Å². The molecule has 2 aromatic rings. The third-order valence-electron chi connectivity index (χ3n) is 3.45. The van der Waals surface area contributed by atoms with Gasteiger partial charge in [0.1, 0.15) is 5.75 Å². The quantitative estimate of drug-likeness (QED) is 0.507. The number of hydrazone groups is 1. The first-order valence-electron chi connectivity index (χ1n) is 7.32. The molecule has 0 aromatic heterocycles. The van der Waals surface area contributed by atoms with E-state index in [0.717, 1.165) is 17.0 Å². The molecule has 0 saturated heterocycles. The van der Waals surface area contributed by atoms with Gasteiger partial charge in [-0.15, -0.1) is 0 Å². The Bertz CT molecular complexity index is 718. The molecule has 0 aliphatic carbocycles. The summed E-state index contributed by atoms with van der Waals surface area (Å²) in [5, 5.41) is 7.70. The first-order valence-corrected chi connectivity index (χ1v) is 7.73. The zero-order valence-corrected chi connectivity index (χ0v) is 14.6. The second kappa shape index (κ2) is 7.74. The highest BCUT2D eigenvalue weighted by molar-refractivity contribution is 7.80. The zero-order valence-electron chi connectivity index (χ0n) is 13.8. The third-order valence-corrected chi connectivity index (χ3v) is 3.65. The lowest BCUT2D eigenvalue weighted by atomic mass is 10.0. The summed E-state index contributed by atoms with van der Waals surface area (Å²) in [6.07, 6.45) is 1.79. The highest BCUT2D eigenvalue weighted by Gasteiger charge is 2.03. The maximum absolute atomic E-state index is 5.27. The second-order valence-corrected chi connectivity index (χ2v) is 5.75. The molecule has 23 heavy (non-hydrogen) atoms. The highest BCUT2D eigenvalue weighted by atomic mass is 32.1. The number of methoxy groups -OCH3 is 1. The molecule has 5 heteroatoms. The molecule has 2 rings (SSSR count). The maximum Gasteiger partial charge on any atom is 0.191 e. The van der Waals surface area contributed by atoms with Crippen molar-refractivity contribution in [1.29, 1.82) is 0 Å². The van der Waals surface area contributed by atoms with E-state index in [-0.39, 0.29) is 0 Å². The Kier molecular flexibility index (Phi) is 5.71. The summed E-state index contributed by atoms with van der Waals surface area (Å²) >= 11 is 5.25. The molecule has 120 valence electrons. The van der Waals surface area contributed by atoms with Crippen molar-refractivity contribution in [3.05, 3.63) is 58.7 Å². The molecule has 0 bridgehead atoms. The van der Waals surface area contributed by atoms with Gasteiger partial charge < -0.3 is 10.1 Å². The molecule has 0 unspecified atom stereocenters. The molecule has 4 nitrogen and oxygen atoms in total. The van der Waals surface area contributed by atoms with Crippen LogP contribution in [0, 0.1) is 20.8 Å². The van der Waals surface area contributed by atoms with Crippen LogP contribution in [-0.2, 0) is 0 Å². The Morgan fingerprint density at radius 1 is 1.13 bits per heavy atom. The van der Waals surface area contributed by atoms with Crippen LogP contribution in [0.2, 0.25) is 0 Å². The summed E-state index contributed by atoms with van der Waals surface area (Å²) < 4.78 is 5.27. The largest absolute Gasteiger partial charge is 0.495 e. The number of hydrogen-bond donors (Lipinski definition) is 2. The number of rotatable bonds is 4. The van der Waals surface area contributed by atoms with Gasteiger partial charge in [0.25, 0.3) is 0 Å². The third kappa shape index (κ3) is 4.53. The SMILES string of the molecule is COc1ccccc1NC(=S)NN=Cc1c(C)cc(C)cc1C. The Morgan fingerprint density at radius 3 is 2.43 bits per heavy atom. The van der Waals surface area contributed by atoms with Gasteiger partial charge in [0.2, 0.25) is 0 Å². The predicted octanol–water partition coefficient (Wildman–Crippen LogP) is 3.94. The van der Waals surface area contributed by atoms with E-state index < -0.39 is 0 Å². The van der Waals surface area contributed by atoms with E-state index in [2.05, 4.69) is 48.7 Å². The molecule has 0 aliphatic rings. The number of nitrogens with zero attached hydrogens (tertiary/aromatic N) is 1. The van der Waals surface area contributed by atoms with Gasteiger partial charge in [-0.05, 0) is 56.2 Å². The molecule has 2 N–H and O–H groups in total. The Balaban J connectivity index is 2.02. The number of thiocarbonyl (C=S) groups is 1. The number of para-hydroxylation sites is 2. The summed E-state index contributed by atoms with van der Waals surface area (Å²) in [4.78, 5) is 0. The van der Waals surface area contributed by atoms with Crippen molar-refractivity contribution < 1.29 is 4.74 Å². The zero-order chi connectivity index (χ0) is 16.8. The minimum atomic E-state index is 0.410. The molecule has 2 aromatic carbocycles. The van der Waals surface area contributed by atoms with Crippen molar-refractivity contribution in [3.63, 3.8) is 0 Å². The first-order chi connectivity index (χ1) is 11.0. The van der Waals surface area contributed by atoms with Gasteiger partial charge in [-0.1, -0.05) is 29.8 Å². The van der Waals surface area contributed by atoms with Crippen molar-refractivity contribution in [1.82, 2.24) is 5.43 Å². The molecule has 0 atom stereocenters. The van der Waals surface area contributed by atoms with Crippen LogP contribution in [0.5, 0.6) is 5.75 Å². The molecular formula is C18H21N3OS. The van der Waals surface area contributed by atoms with E-state index in [1.165, 1.54) is 16.7 Å². The lowest BCUT2D eigenvalue weighted by molar-refractivity contribution is 0.417. The Morgan fingerprint density at radius 2 is 1.78 bits per heavy atom. The molecule has 0 saturated carbocycles. The number of hydrogen-bond acceptors (Lipinski definition) is 3. The van der Waals surface area contributed by atoms with Gasteiger partial charge in [0.15, 0.2) is 5.11 Å². The van der Waals surface area contributed by atoms with Crippen LogP contribution in [0.4, 0.5) is 5.69 Å². The number of ether oxygens (including phenoxy) is 1. The van der Waals surface area contributed by atoms with Gasteiger partial charge in [0, 0.05) is 5.56 Å². The van der Waals surface area contributed by atoms with Crippen LogP contribution in [0.25, 0.3) is 0 Å². The monoisotopic (exact) mass is 327 g/mol. The molecule has 0 fully saturated rings. The van der Waals surface area contributed by atoms with Crippen molar-refractivity contribution in [2.75, 3.05) is 12.4 Å². The predicted molar refractivity (Wildman–Crippen MR) is 101 cm³/mol. The van der Waals surface area contributed by atoms with E-state index in [9.17, 15) is 0 Å². The van der Waals surface area contributed by atoms with Gasteiger partial charge in [-0.2, -0.15) is 5.10 Å². The molecule has 0 spiro atoms. The van der Waals surface area contributed by atoms with Crippen LogP contribution >= 0.6 is 12.2 Å². The average molecular weight is 327 g/mol. The molecule has 0 aliphatic heterocycles. The summed E-state index contributed by atoms with van der Waals surface area (Å²) in [5.41, 5.74) is 8.36. The molecular weight excluding hydrogens is 306 g/mol. The maximum atomic E-state index is 5.27. The summed E-state index contributed by atoms with van der Waals surface area (Å²) in [5.74, 6) is 0.728. The average Bonchev–Trinajstić information content (AvgIpc) is 2.50. The van der Waals surface area contributed by atoms with E-state index >= 15 is 0 Å². The van der Waals surface area contributed by atoms with Crippen molar-refractivity contribution >= 4 is 29.2 Å². The molecule has 0 radical (unpaired) electrons. The normalized spacial score (nSPS) is 10.6. The highest BCUT2D eigenvalue weighted by Crippen LogP contribution is 2.22. The first kappa shape index (κ1) is 17.0. The van der Waals surface area contributed by atoms with E-state index in [1.807, 2.05) is 24.3 Å². The Hall–Kier alpha value is -2.40. The standard InChI is InChI=1S/C18H21N3OS/c1-12-9-13(2)15(14(3)10-12)11-19-21-18(23)20-16-7-5-6-8-17(16)22-4/h5-11H,1-4H3,(H2,20,21,23). The van der Waals surface area contributed by atoms with E-state index in [1.54, 1.807) is 13.3 Å². The lowest BCUT2D eigenvalue weighted by Gasteiger charge is -2.11. The number of benzene rings is 2. The van der Waals surface area contributed by atoms with Gasteiger partial charge in [-0.3, -0.25) is 5.43 Å². The fourth-order valence-electron chi connectivity index (χ4n) is 2.45. The van der Waals surface area contributed by atoms with Gasteiger partial charge in [-0.25, -0.2) is 0 Å². The second-order valence-electron chi connectivity index (χ2n) is 5.34. The van der Waals surface area contributed by atoms with Gasteiger partial charge in [0.05, 0.1) is 19.0 Å². The summed E-state index contributed by atoms with van der Waals surface area (Å²) in [7, 11) is 1.62.